The molecule has 29 heavy (non-hydrogen) atoms. The maximum absolute atomic E-state index is 12.8. The van der Waals surface area contributed by atoms with Crippen molar-refractivity contribution < 1.29 is 19.2 Å². The first kappa shape index (κ1) is 20.3. The molecule has 8 heteroatoms. The van der Waals surface area contributed by atoms with E-state index in [0.717, 1.165) is 5.69 Å². The molecule has 0 unspecified atom stereocenters. The fourth-order valence-electron chi connectivity index (χ4n) is 3.36. The third-order valence-corrected chi connectivity index (χ3v) is 4.90. The van der Waals surface area contributed by atoms with Crippen LogP contribution in [0.15, 0.2) is 48.5 Å². The summed E-state index contributed by atoms with van der Waals surface area (Å²) >= 11 is 0. The third kappa shape index (κ3) is 4.90. The quantitative estimate of drug-likeness (QED) is 0.452. The average Bonchev–Trinajstić information content (AvgIpc) is 2.74. The molecule has 0 aliphatic carbocycles. The highest BCUT2D eigenvalue weighted by molar-refractivity contribution is 5.96. The molecule has 2 aromatic rings. The van der Waals surface area contributed by atoms with E-state index in [-0.39, 0.29) is 29.0 Å². The Balaban J connectivity index is 1.72. The van der Waals surface area contributed by atoms with Crippen molar-refractivity contribution >= 4 is 28.9 Å². The number of para-hydroxylation sites is 1. The predicted octanol–water partition coefficient (Wildman–Crippen LogP) is 3.75. The Kier molecular flexibility index (Phi) is 6.43. The lowest BCUT2D eigenvalue weighted by molar-refractivity contribution is -0.383. The van der Waals surface area contributed by atoms with E-state index in [1.54, 1.807) is 36.1 Å². The summed E-state index contributed by atoms with van der Waals surface area (Å²) in [4.78, 5) is 37.3. The summed E-state index contributed by atoms with van der Waals surface area (Å²) in [5, 5.41) is 14.5. The van der Waals surface area contributed by atoms with Gasteiger partial charge < -0.3 is 15.0 Å². The van der Waals surface area contributed by atoms with Crippen LogP contribution < -0.4 is 5.32 Å². The number of carbonyl (C=O) groups excluding carboxylic acids is 2. The maximum atomic E-state index is 12.8. The van der Waals surface area contributed by atoms with Gasteiger partial charge in [0, 0.05) is 30.4 Å². The van der Waals surface area contributed by atoms with Crippen LogP contribution in [0.4, 0.5) is 17.1 Å². The van der Waals surface area contributed by atoms with Crippen molar-refractivity contribution in [2.75, 3.05) is 25.0 Å². The van der Waals surface area contributed by atoms with Gasteiger partial charge in [0.05, 0.1) is 17.4 Å². The number of piperidine rings is 1. The number of hydrogen-bond acceptors (Lipinski definition) is 6. The summed E-state index contributed by atoms with van der Waals surface area (Å²) in [6.07, 6.45) is 1.06. The molecule has 1 N–H and O–H groups in total. The Bertz CT molecular complexity index is 892. The molecular formula is C21H23N3O5. The van der Waals surface area contributed by atoms with E-state index >= 15 is 0 Å². The van der Waals surface area contributed by atoms with Gasteiger partial charge in [-0.25, -0.2) is 0 Å². The van der Waals surface area contributed by atoms with E-state index in [1.165, 1.54) is 6.07 Å². The molecule has 1 aliphatic heterocycles. The Morgan fingerprint density at radius 3 is 2.48 bits per heavy atom. The number of nitrogens with one attached hydrogen (secondary N) is 1. The molecule has 1 aliphatic rings. The molecule has 0 aromatic heterocycles. The number of hydrogen-bond donors (Lipinski definition) is 1. The number of nitro benzene ring substituents is 1. The van der Waals surface area contributed by atoms with Crippen LogP contribution >= 0.6 is 0 Å². The molecule has 0 atom stereocenters. The standard InChI is InChI=1S/C21H23N3O5/c1-2-29-21(26)15-10-12-23(13-11-15)20(25)16-8-9-18(19(14-16)24(27)28)22-17-6-4-3-5-7-17/h3-9,14-15,22H,2,10-13H2,1H3. The number of ether oxygens (including phenoxy) is 1. The first-order chi connectivity index (χ1) is 14.0. The van der Waals surface area contributed by atoms with Gasteiger partial charge in [-0.15, -0.1) is 0 Å². The van der Waals surface area contributed by atoms with Crippen molar-refractivity contribution in [2.24, 2.45) is 5.92 Å². The van der Waals surface area contributed by atoms with Crippen LogP contribution in [0.3, 0.4) is 0 Å². The minimum atomic E-state index is -0.505. The highest BCUT2D eigenvalue weighted by Crippen LogP contribution is 2.30. The Labute approximate surface area is 168 Å². The molecule has 1 fully saturated rings. The third-order valence-electron chi connectivity index (χ3n) is 4.90. The second-order valence-electron chi connectivity index (χ2n) is 6.80. The normalized spacial score (nSPS) is 14.3. The number of rotatable bonds is 6. The zero-order valence-electron chi connectivity index (χ0n) is 16.2. The fourth-order valence-corrected chi connectivity index (χ4v) is 3.36. The van der Waals surface area contributed by atoms with Crippen molar-refractivity contribution in [3.63, 3.8) is 0 Å². The number of amides is 1. The number of likely N-dealkylation sites (tertiary alicyclic amines) is 1. The predicted molar refractivity (Wildman–Crippen MR) is 108 cm³/mol. The second-order valence-corrected chi connectivity index (χ2v) is 6.80. The lowest BCUT2D eigenvalue weighted by Gasteiger charge is -2.31. The lowest BCUT2D eigenvalue weighted by atomic mass is 9.96. The molecule has 1 amide bonds. The van der Waals surface area contributed by atoms with Crippen molar-refractivity contribution in [3.8, 4) is 0 Å². The van der Waals surface area contributed by atoms with Crippen LogP contribution in [0.2, 0.25) is 0 Å². The largest absolute Gasteiger partial charge is 0.466 e. The minimum absolute atomic E-state index is 0.166. The lowest BCUT2D eigenvalue weighted by Crippen LogP contribution is -2.40. The van der Waals surface area contributed by atoms with Gasteiger partial charge in [-0.3, -0.25) is 19.7 Å². The molecule has 3 rings (SSSR count). The first-order valence-corrected chi connectivity index (χ1v) is 9.56. The molecule has 1 saturated heterocycles. The Hall–Kier alpha value is -3.42. The highest BCUT2D eigenvalue weighted by Gasteiger charge is 2.29. The molecule has 2 aromatic carbocycles. The first-order valence-electron chi connectivity index (χ1n) is 9.56. The van der Waals surface area contributed by atoms with Gasteiger partial charge in [0.25, 0.3) is 11.6 Å². The number of carbonyl (C=O) groups is 2. The summed E-state index contributed by atoms with van der Waals surface area (Å²) in [5.74, 6) is -0.709. The number of anilines is 2. The van der Waals surface area contributed by atoms with Gasteiger partial charge in [0.15, 0.2) is 0 Å². The summed E-state index contributed by atoms with van der Waals surface area (Å²) in [7, 11) is 0. The van der Waals surface area contributed by atoms with Gasteiger partial charge in [-0.05, 0) is 44.0 Å². The van der Waals surface area contributed by atoms with Gasteiger partial charge >= 0.3 is 5.97 Å². The van der Waals surface area contributed by atoms with E-state index in [0.29, 0.717) is 38.2 Å². The molecule has 0 saturated carbocycles. The molecule has 8 nitrogen and oxygen atoms in total. The molecule has 0 spiro atoms. The fraction of sp³-hybridized carbons (Fsp3) is 0.333. The summed E-state index contributed by atoms with van der Waals surface area (Å²) in [5.41, 5.74) is 1.13. The van der Waals surface area contributed by atoms with Crippen LogP contribution in [0.1, 0.15) is 30.1 Å². The SMILES string of the molecule is CCOC(=O)C1CCN(C(=O)c2ccc(Nc3ccccc3)c([N+](=O)[O-])c2)CC1. The molecule has 0 bridgehead atoms. The number of nitro groups is 1. The van der Waals surface area contributed by atoms with Gasteiger partial charge in [0.1, 0.15) is 5.69 Å². The molecule has 152 valence electrons. The average molecular weight is 397 g/mol. The topological polar surface area (TPSA) is 102 Å². The van der Waals surface area contributed by atoms with E-state index in [1.807, 2.05) is 18.2 Å². The summed E-state index contributed by atoms with van der Waals surface area (Å²) < 4.78 is 5.04. The monoisotopic (exact) mass is 397 g/mol. The zero-order valence-corrected chi connectivity index (χ0v) is 16.2. The zero-order chi connectivity index (χ0) is 20.8. The minimum Gasteiger partial charge on any atom is -0.466 e. The highest BCUT2D eigenvalue weighted by atomic mass is 16.6. The van der Waals surface area contributed by atoms with Gasteiger partial charge in [-0.1, -0.05) is 18.2 Å². The van der Waals surface area contributed by atoms with E-state index in [2.05, 4.69) is 5.32 Å². The van der Waals surface area contributed by atoms with Crippen LogP contribution in [0, 0.1) is 16.0 Å². The van der Waals surface area contributed by atoms with Gasteiger partial charge in [-0.2, -0.15) is 0 Å². The van der Waals surface area contributed by atoms with Gasteiger partial charge in [0.2, 0.25) is 0 Å². The Morgan fingerprint density at radius 1 is 1.17 bits per heavy atom. The molecule has 0 radical (unpaired) electrons. The molecular weight excluding hydrogens is 374 g/mol. The second kappa shape index (κ2) is 9.18. The van der Waals surface area contributed by atoms with Crippen LogP contribution in [-0.2, 0) is 9.53 Å². The van der Waals surface area contributed by atoms with Crippen LogP contribution in [0.25, 0.3) is 0 Å². The number of benzene rings is 2. The van der Waals surface area contributed by atoms with E-state index < -0.39 is 4.92 Å². The van der Waals surface area contributed by atoms with Crippen molar-refractivity contribution in [3.05, 3.63) is 64.2 Å². The smallest absolute Gasteiger partial charge is 0.309 e. The number of nitrogens with zero attached hydrogens (tertiary/aromatic N) is 2. The van der Waals surface area contributed by atoms with Crippen molar-refractivity contribution in [2.45, 2.75) is 19.8 Å². The molecule has 1 heterocycles. The van der Waals surface area contributed by atoms with E-state index in [4.69, 9.17) is 4.74 Å². The van der Waals surface area contributed by atoms with Crippen molar-refractivity contribution in [1.29, 1.82) is 0 Å². The maximum Gasteiger partial charge on any atom is 0.309 e. The van der Waals surface area contributed by atoms with Crippen LogP contribution in [0.5, 0.6) is 0 Å². The Morgan fingerprint density at radius 2 is 1.86 bits per heavy atom. The van der Waals surface area contributed by atoms with Crippen molar-refractivity contribution in [1.82, 2.24) is 4.90 Å². The number of esters is 1. The summed E-state index contributed by atoms with van der Waals surface area (Å²) in [6, 6.07) is 13.5. The van der Waals surface area contributed by atoms with E-state index in [9.17, 15) is 19.7 Å². The van der Waals surface area contributed by atoms with Crippen LogP contribution in [-0.4, -0.2) is 41.4 Å². The summed E-state index contributed by atoms with van der Waals surface area (Å²) in [6.45, 7) is 2.94.